The summed E-state index contributed by atoms with van der Waals surface area (Å²) in [5.74, 6) is 1.94. The van der Waals surface area contributed by atoms with E-state index in [0.717, 1.165) is 28.4 Å². The number of ether oxygens (including phenoxy) is 1. The van der Waals surface area contributed by atoms with Crippen molar-refractivity contribution >= 4 is 21.7 Å². The van der Waals surface area contributed by atoms with Gasteiger partial charge in [0.15, 0.2) is 5.82 Å². The summed E-state index contributed by atoms with van der Waals surface area (Å²) in [7, 11) is 0. The maximum absolute atomic E-state index is 5.75. The molecular formula is C13H22BrN3O. The summed E-state index contributed by atoms with van der Waals surface area (Å²) in [6.45, 7) is 11.7. The zero-order chi connectivity index (χ0) is 13.7. The molecule has 102 valence electrons. The largest absolute Gasteiger partial charge is 0.370 e. The average molecular weight is 316 g/mol. The SMILES string of the molecule is CCNc1nc(C(OCC)C(C)C)nc(C)c1Br. The fraction of sp³-hybridized carbons (Fsp3) is 0.692. The molecule has 0 aliphatic rings. The molecule has 0 spiro atoms. The number of anilines is 1. The van der Waals surface area contributed by atoms with Gasteiger partial charge in [0.1, 0.15) is 11.9 Å². The molecular weight excluding hydrogens is 294 g/mol. The zero-order valence-corrected chi connectivity index (χ0v) is 13.3. The number of hydrogen-bond donors (Lipinski definition) is 1. The molecule has 0 fully saturated rings. The van der Waals surface area contributed by atoms with Crippen LogP contribution in [0.1, 0.15) is 45.3 Å². The molecule has 1 rings (SSSR count). The summed E-state index contributed by atoms with van der Waals surface area (Å²) >= 11 is 3.51. The van der Waals surface area contributed by atoms with Crippen LogP contribution >= 0.6 is 15.9 Å². The molecule has 0 bridgehead atoms. The van der Waals surface area contributed by atoms with E-state index in [0.29, 0.717) is 12.5 Å². The van der Waals surface area contributed by atoms with Gasteiger partial charge in [-0.1, -0.05) is 13.8 Å². The predicted molar refractivity (Wildman–Crippen MR) is 77.8 cm³/mol. The second kappa shape index (κ2) is 7.04. The Bertz CT molecular complexity index is 396. The Kier molecular flexibility index (Phi) is 6.02. The van der Waals surface area contributed by atoms with Gasteiger partial charge in [0.05, 0.1) is 10.2 Å². The first-order valence-electron chi connectivity index (χ1n) is 6.40. The van der Waals surface area contributed by atoms with E-state index in [-0.39, 0.29) is 6.10 Å². The Hall–Kier alpha value is -0.680. The molecule has 18 heavy (non-hydrogen) atoms. The molecule has 0 amide bonds. The number of halogens is 1. The van der Waals surface area contributed by atoms with Crippen LogP contribution in [0.4, 0.5) is 5.82 Å². The first-order valence-corrected chi connectivity index (χ1v) is 7.20. The molecule has 1 heterocycles. The highest BCUT2D eigenvalue weighted by Gasteiger charge is 2.21. The summed E-state index contributed by atoms with van der Waals surface area (Å²) in [6.07, 6.45) is -0.0563. The third-order valence-corrected chi connectivity index (χ3v) is 3.53. The molecule has 1 aromatic heterocycles. The third kappa shape index (κ3) is 3.65. The van der Waals surface area contributed by atoms with E-state index in [4.69, 9.17) is 4.74 Å². The van der Waals surface area contributed by atoms with Gasteiger partial charge in [-0.25, -0.2) is 9.97 Å². The van der Waals surface area contributed by atoms with Crippen LogP contribution in [0.3, 0.4) is 0 Å². The maximum atomic E-state index is 5.75. The molecule has 0 aliphatic heterocycles. The van der Waals surface area contributed by atoms with Gasteiger partial charge in [-0.15, -0.1) is 0 Å². The number of nitrogens with zero attached hydrogens (tertiary/aromatic N) is 2. The second-order valence-corrected chi connectivity index (χ2v) is 5.27. The van der Waals surface area contributed by atoms with E-state index in [1.165, 1.54) is 0 Å². The Balaban J connectivity index is 3.14. The number of nitrogens with one attached hydrogen (secondary N) is 1. The standard InChI is InChI=1S/C13H22BrN3O/c1-6-15-12-10(14)9(5)16-13(17-12)11(8(3)4)18-7-2/h8,11H,6-7H2,1-5H3,(H,15,16,17). The Morgan fingerprint density at radius 3 is 2.44 bits per heavy atom. The topological polar surface area (TPSA) is 47.0 Å². The quantitative estimate of drug-likeness (QED) is 0.869. The molecule has 1 atom stereocenters. The van der Waals surface area contributed by atoms with Gasteiger partial charge in [0.2, 0.25) is 0 Å². The van der Waals surface area contributed by atoms with Gasteiger partial charge in [-0.3, -0.25) is 0 Å². The van der Waals surface area contributed by atoms with Crippen molar-refractivity contribution in [2.45, 2.75) is 40.7 Å². The van der Waals surface area contributed by atoms with Gasteiger partial charge < -0.3 is 10.1 Å². The second-order valence-electron chi connectivity index (χ2n) is 4.48. The van der Waals surface area contributed by atoms with Crippen molar-refractivity contribution in [2.24, 2.45) is 5.92 Å². The predicted octanol–water partition coefficient (Wildman–Crippen LogP) is 3.71. The smallest absolute Gasteiger partial charge is 0.160 e. The van der Waals surface area contributed by atoms with Crippen LogP contribution in [0.15, 0.2) is 4.47 Å². The van der Waals surface area contributed by atoms with E-state index in [9.17, 15) is 0 Å². The highest BCUT2D eigenvalue weighted by Crippen LogP contribution is 2.28. The molecule has 4 nitrogen and oxygen atoms in total. The van der Waals surface area contributed by atoms with Crippen LogP contribution in [0.2, 0.25) is 0 Å². The van der Waals surface area contributed by atoms with Crippen molar-refractivity contribution in [3.8, 4) is 0 Å². The number of aryl methyl sites for hydroxylation is 1. The lowest BCUT2D eigenvalue weighted by atomic mass is 10.1. The van der Waals surface area contributed by atoms with E-state index in [1.54, 1.807) is 0 Å². The molecule has 1 N–H and O–H groups in total. The molecule has 0 aromatic carbocycles. The van der Waals surface area contributed by atoms with Crippen molar-refractivity contribution in [3.63, 3.8) is 0 Å². The van der Waals surface area contributed by atoms with Gasteiger partial charge in [0.25, 0.3) is 0 Å². The minimum absolute atomic E-state index is 0.0563. The molecule has 0 saturated carbocycles. The minimum Gasteiger partial charge on any atom is -0.370 e. The van der Waals surface area contributed by atoms with Crippen molar-refractivity contribution < 1.29 is 4.74 Å². The van der Waals surface area contributed by atoms with E-state index < -0.39 is 0 Å². The lowest BCUT2D eigenvalue weighted by Gasteiger charge is -2.21. The van der Waals surface area contributed by atoms with Gasteiger partial charge in [-0.05, 0) is 42.6 Å². The highest BCUT2D eigenvalue weighted by molar-refractivity contribution is 9.10. The first-order chi connectivity index (χ1) is 8.51. The summed E-state index contributed by atoms with van der Waals surface area (Å²) < 4.78 is 6.67. The molecule has 0 radical (unpaired) electrons. The monoisotopic (exact) mass is 315 g/mol. The van der Waals surface area contributed by atoms with Crippen molar-refractivity contribution in [1.82, 2.24) is 9.97 Å². The Labute approximate surface area is 118 Å². The lowest BCUT2D eigenvalue weighted by molar-refractivity contribution is 0.0231. The zero-order valence-electron chi connectivity index (χ0n) is 11.7. The van der Waals surface area contributed by atoms with Crippen LogP contribution in [-0.2, 0) is 4.74 Å². The van der Waals surface area contributed by atoms with Crippen LogP contribution in [0.25, 0.3) is 0 Å². The molecule has 0 saturated heterocycles. The van der Waals surface area contributed by atoms with Gasteiger partial charge in [0, 0.05) is 13.2 Å². The van der Waals surface area contributed by atoms with E-state index in [1.807, 2.05) is 20.8 Å². The molecule has 5 heteroatoms. The van der Waals surface area contributed by atoms with Gasteiger partial charge in [-0.2, -0.15) is 0 Å². The number of rotatable bonds is 6. The summed E-state index contributed by atoms with van der Waals surface area (Å²) in [5, 5.41) is 3.24. The first kappa shape index (κ1) is 15.4. The van der Waals surface area contributed by atoms with Crippen LogP contribution in [-0.4, -0.2) is 23.1 Å². The van der Waals surface area contributed by atoms with Crippen molar-refractivity contribution in [2.75, 3.05) is 18.5 Å². The molecule has 1 unspecified atom stereocenters. The van der Waals surface area contributed by atoms with Crippen LogP contribution in [0.5, 0.6) is 0 Å². The van der Waals surface area contributed by atoms with Gasteiger partial charge >= 0.3 is 0 Å². The lowest BCUT2D eigenvalue weighted by Crippen LogP contribution is -2.17. The summed E-state index contributed by atoms with van der Waals surface area (Å²) in [6, 6.07) is 0. The fourth-order valence-corrected chi connectivity index (χ4v) is 2.05. The molecule has 0 aliphatic carbocycles. The summed E-state index contributed by atoms with van der Waals surface area (Å²) in [4.78, 5) is 9.10. The fourth-order valence-electron chi connectivity index (χ4n) is 1.74. The third-order valence-electron chi connectivity index (χ3n) is 2.58. The summed E-state index contributed by atoms with van der Waals surface area (Å²) in [5.41, 5.74) is 0.932. The van der Waals surface area contributed by atoms with E-state index >= 15 is 0 Å². The van der Waals surface area contributed by atoms with E-state index in [2.05, 4.69) is 45.1 Å². The number of aromatic nitrogens is 2. The Morgan fingerprint density at radius 1 is 1.28 bits per heavy atom. The molecule has 1 aromatic rings. The Morgan fingerprint density at radius 2 is 1.94 bits per heavy atom. The highest BCUT2D eigenvalue weighted by atomic mass is 79.9. The minimum atomic E-state index is -0.0563. The number of hydrogen-bond acceptors (Lipinski definition) is 4. The van der Waals surface area contributed by atoms with Crippen LogP contribution in [0, 0.1) is 12.8 Å². The van der Waals surface area contributed by atoms with Crippen LogP contribution < -0.4 is 5.32 Å². The van der Waals surface area contributed by atoms with Crippen molar-refractivity contribution in [1.29, 1.82) is 0 Å². The van der Waals surface area contributed by atoms with Crippen molar-refractivity contribution in [3.05, 3.63) is 16.0 Å². The maximum Gasteiger partial charge on any atom is 0.160 e. The average Bonchev–Trinajstić information content (AvgIpc) is 2.31. The normalized spacial score (nSPS) is 12.8.